The molecular weight excluding hydrogens is 240 g/mol. The van der Waals surface area contributed by atoms with Crippen LogP contribution in [0.15, 0.2) is 0 Å². The van der Waals surface area contributed by atoms with Gasteiger partial charge in [0.05, 0.1) is 18.4 Å². The summed E-state index contributed by atoms with van der Waals surface area (Å²) in [5.74, 6) is -0.491. The molecule has 100 valence electrons. The molecule has 4 nitrogen and oxygen atoms in total. The predicted octanol–water partition coefficient (Wildman–Crippen LogP) is 2.35. The van der Waals surface area contributed by atoms with Gasteiger partial charge in [0.25, 0.3) is 0 Å². The minimum atomic E-state index is -2.27. The molecule has 0 aliphatic rings. The second-order valence-electron chi connectivity index (χ2n) is 4.04. The highest BCUT2D eigenvalue weighted by atomic mass is 32.2. The van der Waals surface area contributed by atoms with E-state index in [1.807, 2.05) is 0 Å². The third-order valence-corrected chi connectivity index (χ3v) is 3.43. The third-order valence-electron chi connectivity index (χ3n) is 2.61. The zero-order valence-electron chi connectivity index (χ0n) is 10.7. The molecule has 0 saturated carbocycles. The van der Waals surface area contributed by atoms with E-state index in [4.69, 9.17) is 0 Å². The molecular formula is C12H22O4S. The van der Waals surface area contributed by atoms with Gasteiger partial charge in [0.15, 0.2) is 0 Å². The molecule has 0 atom stereocenters. The quantitative estimate of drug-likeness (QED) is 0.363. The van der Waals surface area contributed by atoms with E-state index in [2.05, 4.69) is 11.7 Å². The number of esters is 1. The first-order valence-corrected chi connectivity index (χ1v) is 7.20. The summed E-state index contributed by atoms with van der Waals surface area (Å²) in [4.78, 5) is 11.2. The van der Waals surface area contributed by atoms with Crippen LogP contribution in [0.25, 0.3) is 0 Å². The van der Waals surface area contributed by atoms with Crippen LogP contribution < -0.4 is 0 Å². The second kappa shape index (κ2) is 10.3. The Kier molecular flexibility index (Phi) is 9.81. The summed E-state index contributed by atoms with van der Waals surface area (Å²) < 4.78 is 26.2. The lowest BCUT2D eigenvalue weighted by Gasteiger charge is -2.02. The van der Waals surface area contributed by atoms with Crippen LogP contribution in [0.3, 0.4) is 0 Å². The van der Waals surface area contributed by atoms with Gasteiger partial charge in [-0.1, -0.05) is 39.0 Å². The van der Waals surface area contributed by atoms with Gasteiger partial charge in [-0.2, -0.15) is 8.42 Å². The Labute approximate surface area is 105 Å². The summed E-state index contributed by atoms with van der Waals surface area (Å²) in [6.45, 7) is 2.16. The van der Waals surface area contributed by atoms with Crippen LogP contribution in [0.5, 0.6) is 0 Å². The van der Waals surface area contributed by atoms with E-state index in [1.54, 1.807) is 0 Å². The van der Waals surface area contributed by atoms with Crippen LogP contribution in [0.2, 0.25) is 0 Å². The Balaban J connectivity index is 3.89. The molecule has 0 heterocycles. The fourth-order valence-electron chi connectivity index (χ4n) is 1.57. The first-order valence-electron chi connectivity index (χ1n) is 6.12. The van der Waals surface area contributed by atoms with Crippen molar-refractivity contribution in [2.24, 2.45) is 0 Å². The molecule has 5 heteroatoms. The largest absolute Gasteiger partial charge is 0.469 e. The SMILES string of the molecule is CCCCCCCCC(CC(=O)OC)=S(=O)=O. The van der Waals surface area contributed by atoms with Crippen molar-refractivity contribution >= 4 is 21.1 Å². The van der Waals surface area contributed by atoms with Gasteiger partial charge in [-0.05, 0) is 12.8 Å². The molecule has 0 unspecified atom stereocenters. The van der Waals surface area contributed by atoms with E-state index in [0.29, 0.717) is 6.42 Å². The Morgan fingerprint density at radius 1 is 1.06 bits per heavy atom. The van der Waals surface area contributed by atoms with Crippen molar-refractivity contribution in [3.05, 3.63) is 0 Å². The van der Waals surface area contributed by atoms with Gasteiger partial charge in [-0.15, -0.1) is 0 Å². The molecule has 0 bridgehead atoms. The first kappa shape index (κ1) is 16.2. The molecule has 0 aromatic carbocycles. The van der Waals surface area contributed by atoms with Crippen LogP contribution in [0.1, 0.15) is 58.3 Å². The zero-order valence-corrected chi connectivity index (χ0v) is 11.5. The number of rotatable bonds is 9. The standard InChI is InChI=1S/C12H22O4S/c1-3-4-5-6-7-8-9-11(17(14)15)10-12(13)16-2/h3-10H2,1-2H3. The smallest absolute Gasteiger partial charge is 0.310 e. The normalized spacial score (nSPS) is 10.0. The third kappa shape index (κ3) is 8.92. The Morgan fingerprint density at radius 2 is 1.65 bits per heavy atom. The topological polar surface area (TPSA) is 60.4 Å². The van der Waals surface area contributed by atoms with Gasteiger partial charge >= 0.3 is 5.97 Å². The summed E-state index contributed by atoms with van der Waals surface area (Å²) >= 11 is 0. The number of methoxy groups -OCH3 is 1. The van der Waals surface area contributed by atoms with E-state index >= 15 is 0 Å². The Hall–Kier alpha value is -0.840. The monoisotopic (exact) mass is 262 g/mol. The minimum Gasteiger partial charge on any atom is -0.469 e. The highest BCUT2D eigenvalue weighted by Crippen LogP contribution is 2.08. The maximum absolute atomic E-state index is 11.0. The van der Waals surface area contributed by atoms with E-state index in [9.17, 15) is 13.2 Å². The molecule has 0 spiro atoms. The first-order chi connectivity index (χ1) is 8.11. The number of unbranched alkanes of at least 4 members (excludes halogenated alkanes) is 5. The van der Waals surface area contributed by atoms with Crippen molar-refractivity contribution in [2.45, 2.75) is 58.3 Å². The summed E-state index contributed by atoms with van der Waals surface area (Å²) in [6, 6.07) is 0. The van der Waals surface area contributed by atoms with E-state index in [1.165, 1.54) is 26.4 Å². The van der Waals surface area contributed by atoms with Crippen molar-refractivity contribution in [3.63, 3.8) is 0 Å². The second-order valence-corrected chi connectivity index (χ2v) is 5.09. The van der Waals surface area contributed by atoms with Crippen molar-refractivity contribution in [2.75, 3.05) is 7.11 Å². The number of ether oxygens (including phenoxy) is 1. The lowest BCUT2D eigenvalue weighted by molar-refractivity contribution is -0.139. The van der Waals surface area contributed by atoms with E-state index in [0.717, 1.165) is 19.3 Å². The zero-order chi connectivity index (χ0) is 13.1. The molecule has 0 rings (SSSR count). The van der Waals surface area contributed by atoms with Crippen LogP contribution in [0.4, 0.5) is 0 Å². The molecule has 0 aromatic heterocycles. The van der Waals surface area contributed by atoms with Gasteiger partial charge in [-0.25, -0.2) is 0 Å². The molecule has 0 N–H and O–H groups in total. The van der Waals surface area contributed by atoms with Crippen molar-refractivity contribution in [3.8, 4) is 0 Å². The predicted molar refractivity (Wildman–Crippen MR) is 68.6 cm³/mol. The molecule has 0 radical (unpaired) electrons. The fourth-order valence-corrected chi connectivity index (χ4v) is 2.11. The fraction of sp³-hybridized carbons (Fsp3) is 0.833. The summed E-state index contributed by atoms with van der Waals surface area (Å²) in [5.41, 5.74) is 0. The highest BCUT2D eigenvalue weighted by molar-refractivity contribution is 7.73. The maximum Gasteiger partial charge on any atom is 0.310 e. The van der Waals surface area contributed by atoms with Crippen LogP contribution in [-0.2, 0) is 19.8 Å². The van der Waals surface area contributed by atoms with Crippen molar-refractivity contribution < 1.29 is 17.9 Å². The van der Waals surface area contributed by atoms with Gasteiger partial charge in [0.2, 0.25) is 10.3 Å². The summed E-state index contributed by atoms with van der Waals surface area (Å²) in [5, 5.41) is 0. The number of hydrogen-bond donors (Lipinski definition) is 0. The molecule has 0 aliphatic carbocycles. The molecule has 0 fully saturated rings. The Morgan fingerprint density at radius 3 is 2.18 bits per heavy atom. The molecule has 0 amide bonds. The van der Waals surface area contributed by atoms with Crippen LogP contribution in [-0.4, -0.2) is 26.4 Å². The molecule has 0 saturated heterocycles. The number of carbonyl (C=O) groups is 1. The van der Waals surface area contributed by atoms with Crippen LogP contribution >= 0.6 is 0 Å². The lowest BCUT2D eigenvalue weighted by Crippen LogP contribution is -2.10. The van der Waals surface area contributed by atoms with Crippen LogP contribution in [0, 0.1) is 0 Å². The van der Waals surface area contributed by atoms with Gasteiger partial charge in [0.1, 0.15) is 0 Å². The lowest BCUT2D eigenvalue weighted by atomic mass is 10.1. The highest BCUT2D eigenvalue weighted by Gasteiger charge is 2.08. The minimum absolute atomic E-state index is 0.110. The average molecular weight is 262 g/mol. The average Bonchev–Trinajstić information content (AvgIpc) is 2.31. The molecule has 0 aromatic rings. The summed E-state index contributed by atoms with van der Waals surface area (Å²) in [7, 11) is -1.01. The number of hydrogen-bond acceptors (Lipinski definition) is 4. The van der Waals surface area contributed by atoms with Gasteiger partial charge < -0.3 is 4.74 Å². The summed E-state index contributed by atoms with van der Waals surface area (Å²) in [6.07, 6.45) is 6.95. The van der Waals surface area contributed by atoms with Gasteiger partial charge in [-0.3, -0.25) is 4.79 Å². The number of carbonyl (C=O) groups excluding carboxylic acids is 1. The molecule has 0 aliphatic heterocycles. The van der Waals surface area contributed by atoms with Crippen molar-refractivity contribution in [1.29, 1.82) is 0 Å². The van der Waals surface area contributed by atoms with E-state index in [-0.39, 0.29) is 11.3 Å². The Bertz CT molecular complexity index is 336. The van der Waals surface area contributed by atoms with Crippen molar-refractivity contribution in [1.82, 2.24) is 0 Å². The maximum atomic E-state index is 11.0. The van der Waals surface area contributed by atoms with E-state index < -0.39 is 16.3 Å². The molecule has 17 heavy (non-hydrogen) atoms. The van der Waals surface area contributed by atoms with Gasteiger partial charge in [0, 0.05) is 0 Å².